The van der Waals surface area contributed by atoms with Crippen molar-refractivity contribution in [2.75, 3.05) is 36.8 Å². The number of nitrogens with zero attached hydrogens (tertiary/aromatic N) is 1. The van der Waals surface area contributed by atoms with Crippen LogP contribution in [0.15, 0.2) is 42.5 Å². The summed E-state index contributed by atoms with van der Waals surface area (Å²) < 4.78 is 0. The van der Waals surface area contributed by atoms with Crippen LogP contribution in [0.5, 0.6) is 0 Å². The van der Waals surface area contributed by atoms with E-state index >= 15 is 0 Å². The monoisotopic (exact) mass is 336 g/mol. The van der Waals surface area contributed by atoms with E-state index in [0.717, 1.165) is 48.5 Å². The fourth-order valence-electron chi connectivity index (χ4n) is 2.93. The lowest BCUT2D eigenvalue weighted by Gasteiger charge is -2.34. The highest BCUT2D eigenvalue weighted by Crippen LogP contribution is 2.27. The van der Waals surface area contributed by atoms with E-state index in [-0.39, 0.29) is 0 Å². The Kier molecular flexibility index (Phi) is 4.77. The number of nitrogen functional groups attached to an aromatic ring is 1. The molecule has 0 aromatic heterocycles. The van der Waals surface area contributed by atoms with Crippen LogP contribution in [0.3, 0.4) is 0 Å². The van der Waals surface area contributed by atoms with Crippen molar-refractivity contribution >= 4 is 34.6 Å². The molecule has 1 heterocycles. The van der Waals surface area contributed by atoms with E-state index in [0.29, 0.717) is 5.69 Å². The zero-order valence-corrected chi connectivity index (χ0v) is 13.9. The summed E-state index contributed by atoms with van der Waals surface area (Å²) in [5, 5.41) is 1.59. The van der Waals surface area contributed by atoms with Crippen LogP contribution >= 0.6 is 23.2 Å². The summed E-state index contributed by atoms with van der Waals surface area (Å²) in [5.74, 6) is 0. The highest BCUT2D eigenvalue weighted by Gasteiger charge is 2.22. The Morgan fingerprint density at radius 2 is 1.73 bits per heavy atom. The van der Waals surface area contributed by atoms with Gasteiger partial charge in [0, 0.05) is 16.3 Å². The van der Waals surface area contributed by atoms with Crippen LogP contribution in [0.1, 0.15) is 5.56 Å². The lowest BCUT2D eigenvalue weighted by molar-refractivity contribution is -0.914. The number of benzene rings is 2. The van der Waals surface area contributed by atoms with Crippen LogP contribution in [0.25, 0.3) is 0 Å². The molecule has 2 aromatic carbocycles. The Labute approximate surface area is 141 Å². The molecule has 0 atom stereocenters. The highest BCUT2D eigenvalue weighted by molar-refractivity contribution is 6.33. The van der Waals surface area contributed by atoms with Gasteiger partial charge in [0.15, 0.2) is 0 Å². The first-order chi connectivity index (χ1) is 10.6. The largest absolute Gasteiger partial charge is 0.399 e. The number of rotatable bonds is 3. The molecule has 3 N–H and O–H groups in total. The van der Waals surface area contributed by atoms with Crippen LogP contribution in [0.4, 0.5) is 11.4 Å². The van der Waals surface area contributed by atoms with E-state index < -0.39 is 0 Å². The van der Waals surface area contributed by atoms with Crippen LogP contribution in [0, 0.1) is 0 Å². The van der Waals surface area contributed by atoms with E-state index in [9.17, 15) is 0 Å². The Bertz CT molecular complexity index is 652. The van der Waals surface area contributed by atoms with Crippen molar-refractivity contribution in [3.63, 3.8) is 0 Å². The van der Waals surface area contributed by atoms with Crippen LogP contribution in [0.2, 0.25) is 10.0 Å². The number of nitrogens with two attached hydrogens (primary N) is 1. The van der Waals surface area contributed by atoms with Crippen molar-refractivity contribution in [3.8, 4) is 0 Å². The molecule has 0 bridgehead atoms. The van der Waals surface area contributed by atoms with Gasteiger partial charge in [0.1, 0.15) is 6.54 Å². The van der Waals surface area contributed by atoms with Gasteiger partial charge in [0.25, 0.3) is 0 Å². The summed E-state index contributed by atoms with van der Waals surface area (Å²) >= 11 is 12.6. The van der Waals surface area contributed by atoms with Crippen molar-refractivity contribution in [1.82, 2.24) is 0 Å². The lowest BCUT2D eigenvalue weighted by atomic mass is 10.2. The molecule has 5 heteroatoms. The molecular weight excluding hydrogens is 317 g/mol. The summed E-state index contributed by atoms with van der Waals surface area (Å²) in [7, 11) is 0. The fraction of sp³-hybridized carbons (Fsp3) is 0.294. The SMILES string of the molecule is Nc1ccc(N2CC[NH+](Cc3ccccc3Cl)CC2)c(Cl)c1. The minimum absolute atomic E-state index is 0.705. The Morgan fingerprint density at radius 3 is 2.41 bits per heavy atom. The average Bonchev–Trinajstić information content (AvgIpc) is 2.51. The molecule has 1 fully saturated rings. The first-order valence-corrected chi connectivity index (χ1v) is 8.26. The van der Waals surface area contributed by atoms with Gasteiger partial charge in [-0.05, 0) is 24.3 Å². The minimum atomic E-state index is 0.705. The molecule has 2 aromatic rings. The Balaban J connectivity index is 1.62. The number of piperazine rings is 1. The quantitative estimate of drug-likeness (QED) is 0.844. The molecule has 0 unspecified atom stereocenters. The summed E-state index contributed by atoms with van der Waals surface area (Å²) in [6.07, 6.45) is 0. The molecule has 1 saturated heterocycles. The molecule has 22 heavy (non-hydrogen) atoms. The molecule has 1 aliphatic rings. The smallest absolute Gasteiger partial charge is 0.104 e. The van der Waals surface area contributed by atoms with Gasteiger partial charge in [-0.2, -0.15) is 0 Å². The van der Waals surface area contributed by atoms with Crippen LogP contribution in [-0.4, -0.2) is 26.2 Å². The third kappa shape index (κ3) is 3.49. The van der Waals surface area contributed by atoms with E-state index in [1.54, 1.807) is 4.90 Å². The number of halogens is 2. The minimum Gasteiger partial charge on any atom is -0.399 e. The third-order valence-electron chi connectivity index (χ3n) is 4.18. The number of hydrogen-bond donors (Lipinski definition) is 2. The molecule has 0 spiro atoms. The first-order valence-electron chi connectivity index (χ1n) is 7.50. The van der Waals surface area contributed by atoms with Gasteiger partial charge in [0.05, 0.1) is 36.9 Å². The van der Waals surface area contributed by atoms with Crippen LogP contribution in [-0.2, 0) is 6.54 Å². The van der Waals surface area contributed by atoms with Crippen molar-refractivity contribution in [2.24, 2.45) is 0 Å². The summed E-state index contributed by atoms with van der Waals surface area (Å²) in [4.78, 5) is 3.88. The average molecular weight is 337 g/mol. The third-order valence-corrected chi connectivity index (χ3v) is 4.85. The van der Waals surface area contributed by atoms with Crippen LogP contribution < -0.4 is 15.5 Å². The van der Waals surface area contributed by atoms with Gasteiger partial charge in [-0.1, -0.05) is 41.4 Å². The summed E-state index contributed by atoms with van der Waals surface area (Å²) in [6, 6.07) is 13.8. The van der Waals surface area contributed by atoms with Gasteiger partial charge in [-0.25, -0.2) is 0 Å². The summed E-state index contributed by atoms with van der Waals surface area (Å²) in [6.45, 7) is 5.10. The topological polar surface area (TPSA) is 33.7 Å². The Hall–Kier alpha value is -1.42. The van der Waals surface area contributed by atoms with Crippen molar-refractivity contribution in [1.29, 1.82) is 0 Å². The normalized spacial score (nSPS) is 16.0. The molecule has 116 valence electrons. The number of nitrogens with one attached hydrogen (secondary N) is 1. The molecule has 0 radical (unpaired) electrons. The second kappa shape index (κ2) is 6.78. The molecule has 0 saturated carbocycles. The predicted molar refractivity (Wildman–Crippen MR) is 93.9 cm³/mol. The predicted octanol–water partition coefficient (Wildman–Crippen LogP) is 2.48. The maximum Gasteiger partial charge on any atom is 0.104 e. The lowest BCUT2D eigenvalue weighted by Crippen LogP contribution is -3.13. The van der Waals surface area contributed by atoms with Crippen molar-refractivity contribution in [2.45, 2.75) is 6.54 Å². The number of quaternary nitrogens is 1. The second-order valence-corrected chi connectivity index (χ2v) is 6.53. The van der Waals surface area contributed by atoms with Crippen molar-refractivity contribution in [3.05, 3.63) is 58.1 Å². The Morgan fingerprint density at radius 1 is 1.00 bits per heavy atom. The summed E-state index contributed by atoms with van der Waals surface area (Å²) in [5.41, 5.74) is 8.76. The maximum absolute atomic E-state index is 6.30. The maximum atomic E-state index is 6.30. The second-order valence-electron chi connectivity index (χ2n) is 5.72. The molecule has 0 aliphatic carbocycles. The van der Waals surface area contributed by atoms with Gasteiger partial charge < -0.3 is 15.5 Å². The standard InChI is InChI=1S/C17H19Cl2N3/c18-15-4-2-1-3-13(15)12-21-7-9-22(10-8-21)17-6-5-14(20)11-16(17)19/h1-6,11H,7-10,12,20H2/p+1. The van der Waals surface area contributed by atoms with E-state index in [1.807, 2.05) is 36.4 Å². The molecular formula is C17H20Cl2N3+. The fourth-order valence-corrected chi connectivity index (χ4v) is 3.44. The van der Waals surface area contributed by atoms with E-state index in [4.69, 9.17) is 28.9 Å². The van der Waals surface area contributed by atoms with Gasteiger partial charge in [0.2, 0.25) is 0 Å². The molecule has 3 rings (SSSR count). The van der Waals surface area contributed by atoms with E-state index in [1.165, 1.54) is 5.56 Å². The highest BCUT2D eigenvalue weighted by atomic mass is 35.5. The first kappa shape index (κ1) is 15.5. The van der Waals surface area contributed by atoms with Gasteiger partial charge in [-0.15, -0.1) is 0 Å². The van der Waals surface area contributed by atoms with Gasteiger partial charge in [-0.3, -0.25) is 0 Å². The van der Waals surface area contributed by atoms with E-state index in [2.05, 4.69) is 11.0 Å². The number of hydrogen-bond acceptors (Lipinski definition) is 2. The molecule has 1 aliphatic heterocycles. The number of anilines is 2. The zero-order chi connectivity index (χ0) is 15.5. The van der Waals surface area contributed by atoms with Crippen molar-refractivity contribution < 1.29 is 4.90 Å². The molecule has 3 nitrogen and oxygen atoms in total. The van der Waals surface area contributed by atoms with Gasteiger partial charge >= 0.3 is 0 Å². The zero-order valence-electron chi connectivity index (χ0n) is 12.4. The molecule has 0 amide bonds.